The highest BCUT2D eigenvalue weighted by atomic mass is 16.4. The summed E-state index contributed by atoms with van der Waals surface area (Å²) in [5, 5.41) is 36.5. The lowest BCUT2D eigenvalue weighted by molar-refractivity contribution is -0.143. The largest absolute Gasteiger partial charge is 0.481 e. The summed E-state index contributed by atoms with van der Waals surface area (Å²) in [5.74, 6) is -9.52. The first-order valence-electron chi connectivity index (χ1n) is 23.7. The van der Waals surface area contributed by atoms with Crippen LogP contribution in [0.5, 0.6) is 0 Å². The summed E-state index contributed by atoms with van der Waals surface area (Å²) < 4.78 is 0. The van der Waals surface area contributed by atoms with Crippen LogP contribution >= 0.6 is 0 Å². The molecule has 1 aromatic carbocycles. The quantitative estimate of drug-likeness (QED) is 0.0201. The van der Waals surface area contributed by atoms with E-state index in [0.29, 0.717) is 6.42 Å². The maximum absolute atomic E-state index is 14.0. The highest BCUT2D eigenvalue weighted by Gasteiger charge is 2.40. The van der Waals surface area contributed by atoms with Crippen LogP contribution in [0.4, 0.5) is 0 Å². The number of carboxylic acid groups (broad SMARTS) is 1. The molecule has 9 amide bonds. The van der Waals surface area contributed by atoms with Gasteiger partial charge in [-0.05, 0) is 61.8 Å². The van der Waals surface area contributed by atoms with Gasteiger partial charge in [-0.1, -0.05) is 71.9 Å². The summed E-state index contributed by atoms with van der Waals surface area (Å²) in [6, 6.07) is -0.982. The number of carboxylic acids is 1. The van der Waals surface area contributed by atoms with Gasteiger partial charge in [-0.25, -0.2) is 0 Å². The predicted molar refractivity (Wildman–Crippen MR) is 260 cm³/mol. The fourth-order valence-electron chi connectivity index (χ4n) is 7.55. The SMILES string of the molecule is CC(C)C[C@H](NC(=O)[C@@H](NC(=O)CNC(=O)[C@@H]1CCCN1C(=O)[C@@H](NC(=O)[C@H](CCC(=O)O)NC(=O)[C@@H](N)CO)C(C)C)C(C)C)C(=O)N[C@@H](CCCN=C(N)N)C(=O)N[C@@H](Cc1ccccc1)C(N)=O. The van der Waals surface area contributed by atoms with Crippen molar-refractivity contribution in [3.63, 3.8) is 0 Å². The minimum absolute atomic E-state index is 0.0335. The van der Waals surface area contributed by atoms with Crippen molar-refractivity contribution in [2.75, 3.05) is 26.2 Å². The summed E-state index contributed by atoms with van der Waals surface area (Å²) in [6.07, 6.45) is 0.220. The van der Waals surface area contributed by atoms with E-state index >= 15 is 0 Å². The third-order valence-electron chi connectivity index (χ3n) is 11.4. The van der Waals surface area contributed by atoms with Gasteiger partial charge in [0, 0.05) is 25.9 Å². The van der Waals surface area contributed by atoms with E-state index in [1.165, 1.54) is 4.90 Å². The molecule has 396 valence electrons. The molecular formula is C46H75N13O12. The van der Waals surface area contributed by atoms with Gasteiger partial charge in [0.2, 0.25) is 53.2 Å². The zero-order chi connectivity index (χ0) is 53.5. The number of nitrogens with zero attached hydrogens (tertiary/aromatic N) is 2. The molecule has 1 saturated heterocycles. The van der Waals surface area contributed by atoms with Gasteiger partial charge in [0.05, 0.1) is 13.2 Å². The normalized spacial score (nSPS) is 16.3. The second kappa shape index (κ2) is 30.0. The summed E-state index contributed by atoms with van der Waals surface area (Å²) in [7, 11) is 0. The van der Waals surface area contributed by atoms with Gasteiger partial charge in [-0.3, -0.25) is 52.9 Å². The number of benzene rings is 1. The van der Waals surface area contributed by atoms with E-state index in [4.69, 9.17) is 22.9 Å². The van der Waals surface area contributed by atoms with Gasteiger partial charge in [0.15, 0.2) is 5.96 Å². The van der Waals surface area contributed by atoms with Crippen LogP contribution in [0, 0.1) is 17.8 Å². The van der Waals surface area contributed by atoms with Crippen LogP contribution in [0.3, 0.4) is 0 Å². The van der Waals surface area contributed by atoms with E-state index in [9.17, 15) is 58.2 Å². The molecule has 0 unspecified atom stereocenters. The molecule has 1 aliphatic heterocycles. The van der Waals surface area contributed by atoms with Crippen LogP contribution in [0.2, 0.25) is 0 Å². The molecule has 1 aromatic rings. The maximum atomic E-state index is 14.0. The summed E-state index contributed by atoms with van der Waals surface area (Å²) in [6.45, 7) is 9.10. The van der Waals surface area contributed by atoms with Gasteiger partial charge in [-0.15, -0.1) is 0 Å². The molecule has 0 radical (unpaired) electrons. The fourth-order valence-corrected chi connectivity index (χ4v) is 7.55. The smallest absolute Gasteiger partial charge is 0.303 e. The van der Waals surface area contributed by atoms with Crippen LogP contribution in [-0.2, 0) is 54.4 Å². The molecule has 0 aromatic heterocycles. The number of carbonyl (C=O) groups excluding carboxylic acids is 9. The van der Waals surface area contributed by atoms with Gasteiger partial charge >= 0.3 is 5.97 Å². The van der Waals surface area contributed by atoms with E-state index in [2.05, 4.69) is 42.2 Å². The number of aliphatic hydroxyl groups is 1. The standard InChI is InChI=1S/C46H75N13O12/c1-24(2)20-32(42(68)54-29(14-10-18-51-46(49)50)40(66)55-31(38(48)64)21-27-12-8-7-9-13-27)56-44(70)36(25(3)4)57-34(61)22-52-43(69)33-15-11-19-59(33)45(71)37(26(5)6)58-41(67)30(16-17-35(62)63)53-39(65)28(47)23-60/h7-9,12-13,24-26,28-33,36-37,60H,10-11,14-23,47H2,1-6H3,(H2,48,64)(H,52,69)(H,53,65)(H,54,68)(H,55,66)(H,56,70)(H,57,61)(H,58,67)(H,62,63)(H4,49,50,51)/t28-,29-,30-,31-,32-,33-,36-,37-/m0/s1. The second-order valence-corrected chi connectivity index (χ2v) is 18.6. The molecule has 25 nitrogen and oxygen atoms in total. The number of nitrogens with two attached hydrogens (primary N) is 4. The highest BCUT2D eigenvalue weighted by Crippen LogP contribution is 2.21. The lowest BCUT2D eigenvalue weighted by Crippen LogP contribution is -2.60. The van der Waals surface area contributed by atoms with Crippen molar-refractivity contribution < 1.29 is 58.2 Å². The third kappa shape index (κ3) is 20.9. The number of nitrogens with one attached hydrogen (secondary N) is 7. The van der Waals surface area contributed by atoms with E-state index in [1.54, 1.807) is 58.0 Å². The van der Waals surface area contributed by atoms with Crippen LogP contribution in [0.25, 0.3) is 0 Å². The molecule has 0 spiro atoms. The first kappa shape index (κ1) is 60.2. The predicted octanol–water partition coefficient (Wildman–Crippen LogP) is -3.67. The molecule has 0 saturated carbocycles. The Morgan fingerprint density at radius 1 is 0.718 bits per heavy atom. The number of primary amides is 1. The average Bonchev–Trinajstić information content (AvgIpc) is 3.80. The molecule has 71 heavy (non-hydrogen) atoms. The Balaban J connectivity index is 2.19. The summed E-state index contributed by atoms with van der Waals surface area (Å²) >= 11 is 0. The Kier molecular flexibility index (Phi) is 25.4. The van der Waals surface area contributed by atoms with Crippen molar-refractivity contribution in [3.8, 4) is 0 Å². The summed E-state index contributed by atoms with van der Waals surface area (Å²) in [5.41, 5.74) is 22.9. The molecular weight excluding hydrogens is 927 g/mol. The first-order valence-corrected chi connectivity index (χ1v) is 23.7. The van der Waals surface area contributed by atoms with Crippen LogP contribution in [0.1, 0.15) is 92.1 Å². The lowest BCUT2D eigenvalue weighted by Gasteiger charge is -2.31. The molecule has 1 heterocycles. The summed E-state index contributed by atoms with van der Waals surface area (Å²) in [4.78, 5) is 137. The van der Waals surface area contributed by atoms with Crippen molar-refractivity contribution in [1.82, 2.24) is 42.1 Å². The molecule has 2 rings (SSSR count). The molecule has 1 fully saturated rings. The van der Waals surface area contributed by atoms with Crippen molar-refractivity contribution in [1.29, 1.82) is 0 Å². The Morgan fingerprint density at radius 2 is 1.28 bits per heavy atom. The molecule has 8 atom stereocenters. The number of rotatable bonds is 30. The number of hydrogen-bond acceptors (Lipinski definition) is 13. The number of hydrogen-bond donors (Lipinski definition) is 13. The Morgan fingerprint density at radius 3 is 1.85 bits per heavy atom. The third-order valence-corrected chi connectivity index (χ3v) is 11.4. The number of aliphatic imine (C=N–C) groups is 1. The molecule has 17 N–H and O–H groups in total. The first-order chi connectivity index (χ1) is 33.4. The second-order valence-electron chi connectivity index (χ2n) is 18.6. The van der Waals surface area contributed by atoms with Crippen LogP contribution in [-0.4, -0.2) is 155 Å². The minimum Gasteiger partial charge on any atom is -0.481 e. The highest BCUT2D eigenvalue weighted by molar-refractivity contribution is 5.98. The zero-order valence-corrected chi connectivity index (χ0v) is 41.4. The van der Waals surface area contributed by atoms with Gasteiger partial charge < -0.3 is 75.3 Å². The van der Waals surface area contributed by atoms with Crippen molar-refractivity contribution in [3.05, 3.63) is 35.9 Å². The molecule has 0 bridgehead atoms. The van der Waals surface area contributed by atoms with Crippen molar-refractivity contribution in [2.24, 2.45) is 45.7 Å². The zero-order valence-electron chi connectivity index (χ0n) is 41.4. The van der Waals surface area contributed by atoms with Gasteiger partial charge in [0.1, 0.15) is 48.3 Å². The molecule has 0 aliphatic carbocycles. The van der Waals surface area contributed by atoms with E-state index in [1.807, 2.05) is 13.8 Å². The Labute approximate surface area is 413 Å². The minimum atomic E-state index is -1.42. The fraction of sp³-hybridized carbons (Fsp3) is 0.630. The average molecular weight is 1000 g/mol. The van der Waals surface area contributed by atoms with E-state index in [-0.39, 0.29) is 63.5 Å². The number of amides is 9. The maximum Gasteiger partial charge on any atom is 0.303 e. The van der Waals surface area contributed by atoms with E-state index in [0.717, 1.165) is 5.56 Å². The van der Waals surface area contributed by atoms with Gasteiger partial charge in [0.25, 0.3) is 0 Å². The van der Waals surface area contributed by atoms with Crippen LogP contribution < -0.4 is 60.2 Å². The number of aliphatic carboxylic acids is 1. The monoisotopic (exact) mass is 1000 g/mol. The number of guanidine groups is 1. The van der Waals surface area contributed by atoms with E-state index < -0.39 is 139 Å². The number of carbonyl (C=O) groups is 10. The van der Waals surface area contributed by atoms with Crippen LogP contribution in [0.15, 0.2) is 35.3 Å². The Bertz CT molecular complexity index is 2030. The lowest BCUT2D eigenvalue weighted by atomic mass is 9.99. The number of likely N-dealkylation sites (tertiary alicyclic amines) is 1. The van der Waals surface area contributed by atoms with Crippen molar-refractivity contribution in [2.45, 2.75) is 141 Å². The molecule has 1 aliphatic rings. The Hall–Kier alpha value is -6.89. The molecule has 25 heteroatoms. The number of aliphatic hydroxyl groups excluding tert-OH is 1. The van der Waals surface area contributed by atoms with Crippen molar-refractivity contribution >= 4 is 65.1 Å². The topological polar surface area (TPSA) is 415 Å². The van der Waals surface area contributed by atoms with Gasteiger partial charge in [-0.2, -0.15) is 0 Å².